The number of benzene rings is 2. The highest BCUT2D eigenvalue weighted by atomic mass is 16.5. The number of hydrogen-bond acceptors (Lipinski definition) is 2. The van der Waals surface area contributed by atoms with Crippen LogP contribution >= 0.6 is 0 Å². The van der Waals surface area contributed by atoms with E-state index in [4.69, 9.17) is 4.74 Å². The van der Waals surface area contributed by atoms with Gasteiger partial charge in [-0.25, -0.2) is 0 Å². The Bertz CT molecular complexity index is 661. The molecule has 2 nitrogen and oxygen atoms in total. The van der Waals surface area contributed by atoms with Crippen molar-refractivity contribution in [2.75, 3.05) is 12.4 Å². The van der Waals surface area contributed by atoms with Gasteiger partial charge in [0, 0.05) is 5.69 Å². The number of fused-ring (bicyclic) bond motifs is 1. The summed E-state index contributed by atoms with van der Waals surface area (Å²) in [5.41, 5.74) is 7.95. The number of ether oxygens (including phenoxy) is 1. The molecule has 1 unspecified atom stereocenters. The van der Waals surface area contributed by atoms with Crippen molar-refractivity contribution in [2.45, 2.75) is 33.2 Å². The summed E-state index contributed by atoms with van der Waals surface area (Å²) in [5, 5.41) is 3.67. The van der Waals surface area contributed by atoms with Gasteiger partial charge in [-0.05, 0) is 55.5 Å². The van der Waals surface area contributed by atoms with E-state index >= 15 is 0 Å². The van der Waals surface area contributed by atoms with Crippen molar-refractivity contribution in [1.29, 1.82) is 0 Å². The third-order valence-electron chi connectivity index (χ3n) is 4.13. The van der Waals surface area contributed by atoms with Gasteiger partial charge in [0.1, 0.15) is 5.75 Å². The zero-order valence-corrected chi connectivity index (χ0v) is 12.6. The highest BCUT2D eigenvalue weighted by molar-refractivity contribution is 5.64. The molecule has 104 valence electrons. The van der Waals surface area contributed by atoms with E-state index in [0.717, 1.165) is 12.2 Å². The number of methoxy groups -OCH3 is 1. The van der Waals surface area contributed by atoms with Gasteiger partial charge in [-0.3, -0.25) is 0 Å². The first kappa shape index (κ1) is 13.0. The molecule has 2 heteroatoms. The zero-order valence-electron chi connectivity index (χ0n) is 12.6. The van der Waals surface area contributed by atoms with Crippen molar-refractivity contribution in [1.82, 2.24) is 0 Å². The molecule has 1 heterocycles. The summed E-state index contributed by atoms with van der Waals surface area (Å²) in [7, 11) is 1.72. The van der Waals surface area contributed by atoms with Gasteiger partial charge in [-0.1, -0.05) is 29.8 Å². The van der Waals surface area contributed by atoms with E-state index in [2.05, 4.69) is 56.4 Å². The molecule has 0 amide bonds. The second kappa shape index (κ2) is 4.86. The summed E-state index contributed by atoms with van der Waals surface area (Å²) in [4.78, 5) is 0. The molecule has 0 spiro atoms. The Hall–Kier alpha value is -1.96. The van der Waals surface area contributed by atoms with Crippen LogP contribution in [0.15, 0.2) is 30.3 Å². The average molecular weight is 267 g/mol. The summed E-state index contributed by atoms with van der Waals surface area (Å²) >= 11 is 0. The summed E-state index contributed by atoms with van der Waals surface area (Å²) in [5.74, 6) is 0.955. The van der Waals surface area contributed by atoms with E-state index < -0.39 is 0 Å². The molecular weight excluding hydrogens is 246 g/mol. The second-order valence-corrected chi connectivity index (χ2v) is 5.75. The SMILES string of the molecule is COc1ccc(C2Cc3cc(C)cc(C)c3N2)cc1C. The van der Waals surface area contributed by atoms with Crippen LogP contribution < -0.4 is 10.1 Å². The molecule has 0 radical (unpaired) electrons. The number of anilines is 1. The van der Waals surface area contributed by atoms with Crippen LogP contribution in [-0.4, -0.2) is 7.11 Å². The fourth-order valence-corrected chi connectivity index (χ4v) is 3.19. The molecule has 0 bridgehead atoms. The van der Waals surface area contributed by atoms with Gasteiger partial charge >= 0.3 is 0 Å². The largest absolute Gasteiger partial charge is 0.496 e. The molecule has 0 fully saturated rings. The Labute approximate surface area is 120 Å². The van der Waals surface area contributed by atoms with Gasteiger partial charge in [0.05, 0.1) is 13.2 Å². The second-order valence-electron chi connectivity index (χ2n) is 5.75. The van der Waals surface area contributed by atoms with Gasteiger partial charge < -0.3 is 10.1 Å². The summed E-state index contributed by atoms with van der Waals surface area (Å²) in [6.07, 6.45) is 1.06. The maximum atomic E-state index is 5.34. The van der Waals surface area contributed by atoms with Crippen LogP contribution in [0.5, 0.6) is 5.75 Å². The highest BCUT2D eigenvalue weighted by Gasteiger charge is 2.23. The van der Waals surface area contributed by atoms with E-state index in [1.807, 2.05) is 0 Å². The van der Waals surface area contributed by atoms with Crippen LogP contribution in [0.25, 0.3) is 0 Å². The molecule has 2 aromatic carbocycles. The zero-order chi connectivity index (χ0) is 14.3. The minimum atomic E-state index is 0.370. The maximum absolute atomic E-state index is 5.34. The molecule has 3 rings (SSSR count). The van der Waals surface area contributed by atoms with Gasteiger partial charge in [0.2, 0.25) is 0 Å². The highest BCUT2D eigenvalue weighted by Crippen LogP contribution is 2.37. The predicted octanol–water partition coefficient (Wildman–Crippen LogP) is 4.33. The van der Waals surface area contributed by atoms with Crippen molar-refractivity contribution < 1.29 is 4.74 Å². The lowest BCUT2D eigenvalue weighted by Gasteiger charge is -2.14. The normalized spacial score (nSPS) is 16.7. The molecule has 1 atom stereocenters. The van der Waals surface area contributed by atoms with Gasteiger partial charge in [0.15, 0.2) is 0 Å². The Kier molecular flexibility index (Phi) is 3.17. The number of rotatable bonds is 2. The van der Waals surface area contributed by atoms with Crippen LogP contribution in [-0.2, 0) is 6.42 Å². The minimum Gasteiger partial charge on any atom is -0.496 e. The van der Waals surface area contributed by atoms with Crippen LogP contribution in [0.2, 0.25) is 0 Å². The van der Waals surface area contributed by atoms with Crippen LogP contribution in [0.4, 0.5) is 5.69 Å². The van der Waals surface area contributed by atoms with Crippen LogP contribution in [0, 0.1) is 20.8 Å². The molecule has 20 heavy (non-hydrogen) atoms. The smallest absolute Gasteiger partial charge is 0.121 e. The van der Waals surface area contributed by atoms with Crippen molar-refractivity contribution in [3.8, 4) is 5.75 Å². The first-order valence-corrected chi connectivity index (χ1v) is 7.09. The lowest BCUT2D eigenvalue weighted by molar-refractivity contribution is 0.411. The molecule has 0 aliphatic carbocycles. The van der Waals surface area contributed by atoms with E-state index in [0.29, 0.717) is 6.04 Å². The predicted molar refractivity (Wildman–Crippen MR) is 83.7 cm³/mol. The molecule has 1 aliphatic heterocycles. The third kappa shape index (κ3) is 2.15. The topological polar surface area (TPSA) is 21.3 Å². The lowest BCUT2D eigenvalue weighted by atomic mass is 9.99. The van der Waals surface area contributed by atoms with Crippen molar-refractivity contribution in [2.24, 2.45) is 0 Å². The van der Waals surface area contributed by atoms with Crippen LogP contribution in [0.1, 0.15) is 33.9 Å². The number of nitrogens with one attached hydrogen (secondary N) is 1. The Morgan fingerprint density at radius 1 is 1.05 bits per heavy atom. The first-order valence-electron chi connectivity index (χ1n) is 7.09. The van der Waals surface area contributed by atoms with Crippen molar-refractivity contribution in [3.05, 3.63) is 58.1 Å². The van der Waals surface area contributed by atoms with Crippen molar-refractivity contribution >= 4 is 5.69 Å². The van der Waals surface area contributed by atoms with E-state index in [1.54, 1.807) is 7.11 Å². The van der Waals surface area contributed by atoms with Gasteiger partial charge in [-0.15, -0.1) is 0 Å². The summed E-state index contributed by atoms with van der Waals surface area (Å²) in [6, 6.07) is 11.4. The fraction of sp³-hybridized carbons (Fsp3) is 0.333. The monoisotopic (exact) mass is 267 g/mol. The Morgan fingerprint density at radius 2 is 1.85 bits per heavy atom. The maximum Gasteiger partial charge on any atom is 0.121 e. The fourth-order valence-electron chi connectivity index (χ4n) is 3.19. The minimum absolute atomic E-state index is 0.370. The summed E-state index contributed by atoms with van der Waals surface area (Å²) in [6.45, 7) is 6.44. The van der Waals surface area contributed by atoms with E-state index in [1.165, 1.54) is 33.5 Å². The van der Waals surface area contributed by atoms with Gasteiger partial charge in [-0.2, -0.15) is 0 Å². The molecule has 0 saturated heterocycles. The molecule has 0 aromatic heterocycles. The molecule has 2 aromatic rings. The molecule has 1 aliphatic rings. The Morgan fingerprint density at radius 3 is 2.55 bits per heavy atom. The Balaban J connectivity index is 1.92. The number of hydrogen-bond donors (Lipinski definition) is 1. The molecule has 1 N–H and O–H groups in total. The first-order chi connectivity index (χ1) is 9.58. The van der Waals surface area contributed by atoms with E-state index in [9.17, 15) is 0 Å². The third-order valence-corrected chi connectivity index (χ3v) is 4.13. The van der Waals surface area contributed by atoms with Crippen LogP contribution in [0.3, 0.4) is 0 Å². The molecule has 0 saturated carbocycles. The molecular formula is C18H21NO. The quantitative estimate of drug-likeness (QED) is 0.874. The lowest BCUT2D eigenvalue weighted by Crippen LogP contribution is -2.06. The standard InChI is InChI=1S/C18H21NO/c1-11-7-13(3)18-15(8-11)10-16(19-18)14-5-6-17(20-4)12(2)9-14/h5-9,16,19H,10H2,1-4H3. The van der Waals surface area contributed by atoms with E-state index in [-0.39, 0.29) is 0 Å². The van der Waals surface area contributed by atoms with Crippen molar-refractivity contribution in [3.63, 3.8) is 0 Å². The number of aryl methyl sites for hydroxylation is 3. The average Bonchev–Trinajstić information content (AvgIpc) is 2.82. The van der Waals surface area contributed by atoms with Gasteiger partial charge in [0.25, 0.3) is 0 Å². The summed E-state index contributed by atoms with van der Waals surface area (Å²) < 4.78 is 5.34.